The van der Waals surface area contributed by atoms with E-state index in [2.05, 4.69) is 10.2 Å². The number of likely N-dealkylation sites (N-methyl/N-ethyl adjacent to an activating group) is 2. The van der Waals surface area contributed by atoms with Crippen molar-refractivity contribution in [1.29, 1.82) is 0 Å². The maximum atomic E-state index is 12.3. The minimum Gasteiger partial charge on any atom is -0.321 e. The normalized spacial score (nSPS) is 12.1. The third-order valence-corrected chi connectivity index (χ3v) is 3.31. The van der Waals surface area contributed by atoms with Gasteiger partial charge in [0.2, 0.25) is 0 Å². The smallest absolute Gasteiger partial charge is 0.321 e. The number of hydrogen-bond donors (Lipinski definition) is 1. The Morgan fingerprint density at radius 1 is 1.19 bits per heavy atom. The third kappa shape index (κ3) is 5.19. The van der Waals surface area contributed by atoms with Gasteiger partial charge in [-0.25, -0.2) is 4.79 Å². The number of hydrogen-bond acceptors (Lipinski definition) is 3. The van der Waals surface area contributed by atoms with Gasteiger partial charge in [0.05, 0.1) is 0 Å². The Balaban J connectivity index is 2.71. The van der Waals surface area contributed by atoms with Crippen LogP contribution in [0.2, 0.25) is 0 Å². The van der Waals surface area contributed by atoms with Crippen LogP contribution in [0.1, 0.15) is 31.1 Å². The number of ketones is 1. The molecule has 0 heterocycles. The molecule has 0 radical (unpaired) electrons. The molecule has 0 aromatic heterocycles. The van der Waals surface area contributed by atoms with Crippen molar-refractivity contribution in [3.63, 3.8) is 0 Å². The number of rotatable bonds is 6. The number of nitrogens with one attached hydrogen (secondary N) is 1. The highest BCUT2D eigenvalue weighted by atomic mass is 16.2. The number of carbonyl (C=O) groups excluding carboxylic acids is 2. The SMILES string of the molecule is CCN(C(=O)Nc1ccc(C(C)=O)cc1)C(C)CN(C)C. The van der Waals surface area contributed by atoms with Crippen LogP contribution >= 0.6 is 0 Å². The van der Waals surface area contributed by atoms with Gasteiger partial charge >= 0.3 is 6.03 Å². The molecule has 0 aliphatic rings. The molecule has 0 fully saturated rings. The monoisotopic (exact) mass is 291 g/mol. The average Bonchev–Trinajstić information content (AvgIpc) is 2.39. The van der Waals surface area contributed by atoms with Crippen LogP contribution in [0.25, 0.3) is 0 Å². The van der Waals surface area contributed by atoms with Crippen molar-refractivity contribution >= 4 is 17.5 Å². The fourth-order valence-electron chi connectivity index (χ4n) is 2.27. The number of nitrogens with zero attached hydrogens (tertiary/aromatic N) is 2. The van der Waals surface area contributed by atoms with E-state index in [1.807, 2.05) is 27.9 Å². The lowest BCUT2D eigenvalue weighted by Crippen LogP contribution is -2.45. The highest BCUT2D eigenvalue weighted by molar-refractivity contribution is 5.95. The summed E-state index contributed by atoms with van der Waals surface area (Å²) in [5.74, 6) is 0.0164. The molecule has 1 rings (SSSR count). The summed E-state index contributed by atoms with van der Waals surface area (Å²) in [7, 11) is 3.98. The first kappa shape index (κ1) is 17.2. The summed E-state index contributed by atoms with van der Waals surface area (Å²) in [6, 6.07) is 6.94. The van der Waals surface area contributed by atoms with Crippen LogP contribution in [-0.4, -0.2) is 54.8 Å². The average molecular weight is 291 g/mol. The molecule has 1 unspecified atom stereocenters. The van der Waals surface area contributed by atoms with Gasteiger partial charge in [0.1, 0.15) is 0 Å². The second-order valence-corrected chi connectivity index (χ2v) is 5.46. The largest absolute Gasteiger partial charge is 0.322 e. The second kappa shape index (κ2) is 7.78. The van der Waals surface area contributed by atoms with Crippen molar-refractivity contribution in [3.05, 3.63) is 29.8 Å². The van der Waals surface area contributed by atoms with Gasteiger partial charge in [-0.2, -0.15) is 0 Å². The molecule has 0 aliphatic heterocycles. The Kier molecular flexibility index (Phi) is 6.37. The number of amides is 2. The van der Waals surface area contributed by atoms with E-state index in [9.17, 15) is 9.59 Å². The van der Waals surface area contributed by atoms with Gasteiger partial charge < -0.3 is 15.1 Å². The standard InChI is InChI=1S/C16H25N3O2/c1-6-19(12(2)11-18(4)5)16(21)17-15-9-7-14(8-10-15)13(3)20/h7-10,12H,6,11H2,1-5H3,(H,17,21). The quantitative estimate of drug-likeness (QED) is 0.820. The topological polar surface area (TPSA) is 52.7 Å². The summed E-state index contributed by atoms with van der Waals surface area (Å²) in [6.07, 6.45) is 0. The molecule has 1 N–H and O–H groups in total. The molecule has 1 aromatic rings. The van der Waals surface area contributed by atoms with E-state index >= 15 is 0 Å². The van der Waals surface area contributed by atoms with Gasteiger partial charge in [0.25, 0.3) is 0 Å². The number of urea groups is 1. The van der Waals surface area contributed by atoms with E-state index < -0.39 is 0 Å². The van der Waals surface area contributed by atoms with Gasteiger partial charge in [0.15, 0.2) is 5.78 Å². The molecule has 5 heteroatoms. The van der Waals surface area contributed by atoms with E-state index in [1.54, 1.807) is 29.2 Å². The molecule has 0 spiro atoms. The van der Waals surface area contributed by atoms with E-state index in [4.69, 9.17) is 0 Å². The van der Waals surface area contributed by atoms with Crippen LogP contribution in [0.5, 0.6) is 0 Å². The molecular weight excluding hydrogens is 266 g/mol. The van der Waals surface area contributed by atoms with Crippen LogP contribution in [-0.2, 0) is 0 Å². The number of benzene rings is 1. The highest BCUT2D eigenvalue weighted by Gasteiger charge is 2.18. The molecule has 0 aliphatic carbocycles. The molecule has 0 saturated carbocycles. The first-order valence-electron chi connectivity index (χ1n) is 7.18. The fourth-order valence-corrected chi connectivity index (χ4v) is 2.27. The number of anilines is 1. The van der Waals surface area contributed by atoms with Crippen molar-refractivity contribution < 1.29 is 9.59 Å². The molecule has 5 nitrogen and oxygen atoms in total. The van der Waals surface area contributed by atoms with Gasteiger partial charge in [0, 0.05) is 30.4 Å². The Hall–Kier alpha value is -1.88. The molecule has 0 saturated heterocycles. The number of Topliss-reactive ketones (excluding diaryl/α,β-unsaturated/α-hetero) is 1. The lowest BCUT2D eigenvalue weighted by atomic mass is 10.1. The summed E-state index contributed by atoms with van der Waals surface area (Å²) < 4.78 is 0. The molecule has 21 heavy (non-hydrogen) atoms. The number of carbonyl (C=O) groups is 2. The summed E-state index contributed by atoms with van der Waals surface area (Å²) in [5.41, 5.74) is 1.34. The summed E-state index contributed by atoms with van der Waals surface area (Å²) in [6.45, 7) is 6.97. The van der Waals surface area contributed by atoms with Crippen molar-refractivity contribution in [1.82, 2.24) is 9.80 Å². The zero-order valence-corrected chi connectivity index (χ0v) is 13.5. The van der Waals surface area contributed by atoms with Crippen LogP contribution in [0.4, 0.5) is 10.5 Å². The third-order valence-electron chi connectivity index (χ3n) is 3.31. The first-order chi connectivity index (χ1) is 9.85. The zero-order chi connectivity index (χ0) is 16.0. The molecule has 2 amide bonds. The van der Waals surface area contributed by atoms with E-state index in [0.29, 0.717) is 17.8 Å². The van der Waals surface area contributed by atoms with E-state index in [0.717, 1.165) is 6.54 Å². The molecule has 0 bridgehead atoms. The van der Waals surface area contributed by atoms with Gasteiger partial charge in [-0.15, -0.1) is 0 Å². The molecule has 1 aromatic carbocycles. The van der Waals surface area contributed by atoms with Crippen molar-refractivity contribution in [3.8, 4) is 0 Å². The predicted octanol–water partition coefficient (Wildman–Crippen LogP) is 2.69. The van der Waals surface area contributed by atoms with E-state index in [1.165, 1.54) is 6.92 Å². The Bertz CT molecular complexity index is 483. The predicted molar refractivity (Wildman–Crippen MR) is 85.9 cm³/mol. The Morgan fingerprint density at radius 3 is 2.19 bits per heavy atom. The van der Waals surface area contributed by atoms with Gasteiger partial charge in [-0.05, 0) is 59.1 Å². The minimum absolute atomic E-state index is 0.0164. The highest BCUT2D eigenvalue weighted by Crippen LogP contribution is 2.12. The second-order valence-electron chi connectivity index (χ2n) is 5.46. The molecular formula is C16H25N3O2. The van der Waals surface area contributed by atoms with Crippen molar-refractivity contribution in [2.24, 2.45) is 0 Å². The van der Waals surface area contributed by atoms with Crippen molar-refractivity contribution in [2.75, 3.05) is 32.5 Å². The van der Waals surface area contributed by atoms with Crippen LogP contribution in [0, 0.1) is 0 Å². The lowest BCUT2D eigenvalue weighted by molar-refractivity contribution is 0.101. The van der Waals surface area contributed by atoms with Crippen molar-refractivity contribution in [2.45, 2.75) is 26.8 Å². The van der Waals surface area contributed by atoms with E-state index in [-0.39, 0.29) is 17.9 Å². The summed E-state index contributed by atoms with van der Waals surface area (Å²) in [5, 5.41) is 2.87. The molecule has 1 atom stereocenters. The fraction of sp³-hybridized carbons (Fsp3) is 0.500. The minimum atomic E-state index is -0.123. The van der Waals surface area contributed by atoms with Gasteiger partial charge in [-0.3, -0.25) is 4.79 Å². The first-order valence-corrected chi connectivity index (χ1v) is 7.18. The summed E-state index contributed by atoms with van der Waals surface area (Å²) in [4.78, 5) is 27.4. The Morgan fingerprint density at radius 2 is 1.76 bits per heavy atom. The maximum absolute atomic E-state index is 12.3. The Labute approximate surface area is 126 Å². The van der Waals surface area contributed by atoms with Gasteiger partial charge in [-0.1, -0.05) is 0 Å². The zero-order valence-electron chi connectivity index (χ0n) is 13.5. The summed E-state index contributed by atoms with van der Waals surface area (Å²) >= 11 is 0. The van der Waals surface area contributed by atoms with Crippen LogP contribution < -0.4 is 5.32 Å². The maximum Gasteiger partial charge on any atom is 0.322 e. The van der Waals surface area contributed by atoms with Crippen LogP contribution in [0.3, 0.4) is 0 Å². The van der Waals surface area contributed by atoms with Crippen LogP contribution in [0.15, 0.2) is 24.3 Å². The lowest BCUT2D eigenvalue weighted by Gasteiger charge is -2.30. The molecule has 116 valence electrons.